The summed E-state index contributed by atoms with van der Waals surface area (Å²) in [5.74, 6) is 0.978. The van der Waals surface area contributed by atoms with Crippen LogP contribution in [0.3, 0.4) is 0 Å². The first kappa shape index (κ1) is 19.5. The molecule has 32 heavy (non-hydrogen) atoms. The number of benzene rings is 2. The van der Waals surface area contributed by atoms with Crippen LogP contribution in [0.5, 0.6) is 0 Å². The molecule has 10 heteroatoms. The van der Waals surface area contributed by atoms with Gasteiger partial charge in [-0.3, -0.25) is 14.6 Å². The lowest BCUT2D eigenvalue weighted by atomic mass is 10.1. The van der Waals surface area contributed by atoms with E-state index in [0.29, 0.717) is 23.0 Å². The zero-order valence-corrected chi connectivity index (χ0v) is 17.8. The quantitative estimate of drug-likeness (QED) is 0.396. The number of carbonyl (C=O) groups is 1. The molecule has 0 radical (unpaired) electrons. The van der Waals surface area contributed by atoms with Crippen LogP contribution >= 0.6 is 0 Å². The van der Waals surface area contributed by atoms with Crippen LogP contribution in [-0.2, 0) is 14.1 Å². The van der Waals surface area contributed by atoms with E-state index < -0.39 is 0 Å². The maximum absolute atomic E-state index is 12.4. The maximum atomic E-state index is 12.4. The number of anilines is 3. The minimum absolute atomic E-state index is 0.203. The lowest BCUT2D eigenvalue weighted by Gasteiger charge is -2.08. The summed E-state index contributed by atoms with van der Waals surface area (Å²) in [7, 11) is 3.63. The van der Waals surface area contributed by atoms with Gasteiger partial charge in [-0.25, -0.2) is 4.68 Å². The summed E-state index contributed by atoms with van der Waals surface area (Å²) in [5, 5.41) is 22.9. The molecule has 2 aromatic carbocycles. The smallest absolute Gasteiger partial charge is 0.255 e. The van der Waals surface area contributed by atoms with Crippen molar-refractivity contribution in [3.05, 3.63) is 66.1 Å². The number of nitrogens with one attached hydrogen (secondary N) is 3. The third-order valence-electron chi connectivity index (χ3n) is 5.27. The van der Waals surface area contributed by atoms with Gasteiger partial charge in [0.05, 0.1) is 23.6 Å². The summed E-state index contributed by atoms with van der Waals surface area (Å²) < 4.78 is 3.32. The fourth-order valence-electron chi connectivity index (χ4n) is 3.49. The summed E-state index contributed by atoms with van der Waals surface area (Å²) in [6.45, 7) is 2.03. The van der Waals surface area contributed by atoms with Crippen LogP contribution in [0, 0.1) is 6.92 Å². The first-order valence-electron chi connectivity index (χ1n) is 9.99. The van der Waals surface area contributed by atoms with Crippen molar-refractivity contribution in [3.8, 4) is 11.4 Å². The standard InChI is InChI=1S/C22H21N9O/c1-13-17-11-23-28-19(17)9-8-18(13)26-22-27-20(29-31(22)3)14-4-6-15(7-5-14)21(32)25-16-10-24-30(2)12-16/h4-12H,1-3H3,(H,23,28)(H,25,32)(H,26,27,29). The second kappa shape index (κ2) is 7.65. The number of rotatable bonds is 5. The average molecular weight is 427 g/mol. The molecule has 0 bridgehead atoms. The van der Waals surface area contributed by atoms with E-state index in [1.54, 1.807) is 40.9 Å². The van der Waals surface area contributed by atoms with E-state index in [2.05, 4.69) is 36.0 Å². The van der Waals surface area contributed by atoms with Gasteiger partial charge in [-0.1, -0.05) is 12.1 Å². The molecule has 5 rings (SSSR count). The monoisotopic (exact) mass is 427 g/mol. The van der Waals surface area contributed by atoms with Gasteiger partial charge in [-0.05, 0) is 36.8 Å². The number of aryl methyl sites for hydroxylation is 3. The highest BCUT2D eigenvalue weighted by molar-refractivity contribution is 6.04. The van der Waals surface area contributed by atoms with Gasteiger partial charge >= 0.3 is 0 Å². The Hall–Kier alpha value is -4.47. The minimum Gasteiger partial charge on any atom is -0.324 e. The second-order valence-corrected chi connectivity index (χ2v) is 7.51. The highest BCUT2D eigenvalue weighted by Gasteiger charge is 2.13. The average Bonchev–Trinajstić information content (AvgIpc) is 3.51. The Kier molecular flexibility index (Phi) is 4.66. The van der Waals surface area contributed by atoms with E-state index in [0.717, 1.165) is 27.7 Å². The van der Waals surface area contributed by atoms with Crippen LogP contribution in [-0.4, -0.2) is 40.6 Å². The Bertz CT molecular complexity index is 1430. The molecule has 3 heterocycles. The largest absolute Gasteiger partial charge is 0.324 e. The first-order valence-corrected chi connectivity index (χ1v) is 9.99. The summed E-state index contributed by atoms with van der Waals surface area (Å²) >= 11 is 0. The fourth-order valence-corrected chi connectivity index (χ4v) is 3.49. The zero-order valence-electron chi connectivity index (χ0n) is 17.8. The number of nitrogens with zero attached hydrogens (tertiary/aromatic N) is 6. The van der Waals surface area contributed by atoms with Crippen molar-refractivity contribution in [2.24, 2.45) is 14.1 Å². The van der Waals surface area contributed by atoms with Gasteiger partial charge in [0, 0.05) is 42.5 Å². The second-order valence-electron chi connectivity index (χ2n) is 7.51. The lowest BCUT2D eigenvalue weighted by Crippen LogP contribution is -2.11. The molecule has 3 aromatic heterocycles. The highest BCUT2D eigenvalue weighted by atomic mass is 16.1. The molecule has 0 saturated heterocycles. The number of aromatic amines is 1. The topological polar surface area (TPSA) is 118 Å². The Morgan fingerprint density at radius 3 is 2.62 bits per heavy atom. The van der Waals surface area contributed by atoms with Crippen LogP contribution in [0.1, 0.15) is 15.9 Å². The van der Waals surface area contributed by atoms with E-state index >= 15 is 0 Å². The van der Waals surface area contributed by atoms with Crippen molar-refractivity contribution in [3.63, 3.8) is 0 Å². The molecule has 0 atom stereocenters. The normalized spacial score (nSPS) is 11.1. The number of H-pyrrole nitrogens is 1. The van der Waals surface area contributed by atoms with Crippen LogP contribution < -0.4 is 10.6 Å². The lowest BCUT2D eigenvalue weighted by molar-refractivity contribution is 0.102. The van der Waals surface area contributed by atoms with Gasteiger partial charge in [-0.2, -0.15) is 15.2 Å². The fraction of sp³-hybridized carbons (Fsp3) is 0.136. The maximum Gasteiger partial charge on any atom is 0.255 e. The third kappa shape index (κ3) is 3.58. The zero-order chi connectivity index (χ0) is 22.2. The van der Waals surface area contributed by atoms with E-state index in [-0.39, 0.29) is 5.91 Å². The van der Waals surface area contributed by atoms with Gasteiger partial charge in [0.2, 0.25) is 5.95 Å². The van der Waals surface area contributed by atoms with Gasteiger partial charge in [0.25, 0.3) is 5.91 Å². The Morgan fingerprint density at radius 2 is 1.88 bits per heavy atom. The van der Waals surface area contributed by atoms with Gasteiger partial charge in [0.1, 0.15) is 0 Å². The number of amides is 1. The Labute approximate surface area is 183 Å². The molecule has 10 nitrogen and oxygen atoms in total. The number of aromatic nitrogens is 7. The predicted molar refractivity (Wildman–Crippen MR) is 122 cm³/mol. The molecule has 5 aromatic rings. The third-order valence-corrected chi connectivity index (χ3v) is 5.27. The van der Waals surface area contributed by atoms with Crippen LogP contribution in [0.2, 0.25) is 0 Å². The predicted octanol–water partition coefficient (Wildman–Crippen LogP) is 3.40. The van der Waals surface area contributed by atoms with Crippen molar-refractivity contribution < 1.29 is 4.79 Å². The van der Waals surface area contributed by atoms with Gasteiger partial charge < -0.3 is 10.6 Å². The highest BCUT2D eigenvalue weighted by Crippen LogP contribution is 2.27. The summed E-state index contributed by atoms with van der Waals surface area (Å²) in [6, 6.07) is 11.1. The number of hydrogen-bond acceptors (Lipinski definition) is 6. The SMILES string of the molecule is Cc1c(Nc2nc(-c3ccc(C(=O)Nc4cnn(C)c4)cc3)nn2C)ccc2[nH]ncc12. The van der Waals surface area contributed by atoms with E-state index in [1.165, 1.54) is 0 Å². The Balaban J connectivity index is 1.35. The molecule has 1 amide bonds. The minimum atomic E-state index is -0.203. The van der Waals surface area contributed by atoms with Crippen LogP contribution in [0.15, 0.2) is 55.0 Å². The molecule has 0 aliphatic heterocycles. The molecule has 0 saturated carbocycles. The van der Waals surface area contributed by atoms with E-state index in [4.69, 9.17) is 0 Å². The van der Waals surface area contributed by atoms with Crippen LogP contribution in [0.4, 0.5) is 17.3 Å². The van der Waals surface area contributed by atoms with Crippen molar-refractivity contribution in [1.29, 1.82) is 0 Å². The number of hydrogen-bond donors (Lipinski definition) is 3. The summed E-state index contributed by atoms with van der Waals surface area (Å²) in [4.78, 5) is 17.1. The Morgan fingerprint density at radius 1 is 1.06 bits per heavy atom. The molecule has 0 aliphatic rings. The van der Waals surface area contributed by atoms with Crippen molar-refractivity contribution in [1.82, 2.24) is 34.7 Å². The first-order chi connectivity index (χ1) is 15.5. The van der Waals surface area contributed by atoms with E-state index in [9.17, 15) is 4.79 Å². The summed E-state index contributed by atoms with van der Waals surface area (Å²) in [5.41, 5.74) is 4.99. The number of fused-ring (bicyclic) bond motifs is 1. The van der Waals surface area contributed by atoms with Gasteiger partial charge in [-0.15, -0.1) is 5.10 Å². The molecule has 0 spiro atoms. The molecular formula is C22H21N9O. The summed E-state index contributed by atoms with van der Waals surface area (Å²) in [6.07, 6.45) is 5.15. The van der Waals surface area contributed by atoms with Crippen molar-refractivity contribution in [2.45, 2.75) is 6.92 Å². The van der Waals surface area contributed by atoms with Crippen molar-refractivity contribution >= 4 is 34.1 Å². The molecule has 0 unspecified atom stereocenters. The van der Waals surface area contributed by atoms with Crippen molar-refractivity contribution in [2.75, 3.05) is 10.6 Å². The molecule has 0 fully saturated rings. The number of carbonyl (C=O) groups excluding carboxylic acids is 1. The van der Waals surface area contributed by atoms with Gasteiger partial charge in [0.15, 0.2) is 5.82 Å². The van der Waals surface area contributed by atoms with Crippen LogP contribution in [0.25, 0.3) is 22.3 Å². The molecular weight excluding hydrogens is 406 g/mol. The van der Waals surface area contributed by atoms with E-state index in [1.807, 2.05) is 44.4 Å². The molecule has 0 aliphatic carbocycles. The molecule has 3 N–H and O–H groups in total. The molecule has 160 valence electrons.